The van der Waals surface area contributed by atoms with Crippen LogP contribution in [-0.2, 0) is 5.72 Å². The predicted molar refractivity (Wildman–Crippen MR) is 98.6 cm³/mol. The lowest BCUT2D eigenvalue weighted by Crippen LogP contribution is -2.45. The molecule has 0 fully saturated rings. The molecule has 1 atom stereocenters. The summed E-state index contributed by atoms with van der Waals surface area (Å²) in [4.78, 5) is 14.6. The Morgan fingerprint density at radius 2 is 1.36 bits per heavy atom. The fourth-order valence-corrected chi connectivity index (χ4v) is 3.43. The van der Waals surface area contributed by atoms with E-state index in [2.05, 4.69) is 0 Å². The van der Waals surface area contributed by atoms with Crippen LogP contribution in [0.25, 0.3) is 0 Å². The number of carbonyl (C=O) groups is 1. The first-order valence-corrected chi connectivity index (χ1v) is 8.32. The molecule has 3 heteroatoms. The van der Waals surface area contributed by atoms with Crippen molar-refractivity contribution in [2.45, 2.75) is 19.6 Å². The van der Waals surface area contributed by atoms with E-state index in [0.717, 1.165) is 11.1 Å². The molecule has 1 unspecified atom stereocenters. The lowest BCUT2D eigenvalue weighted by atomic mass is 9.93. The van der Waals surface area contributed by atoms with Crippen LogP contribution in [0.3, 0.4) is 0 Å². The van der Waals surface area contributed by atoms with Crippen molar-refractivity contribution in [2.24, 2.45) is 0 Å². The summed E-state index contributed by atoms with van der Waals surface area (Å²) in [6.07, 6.45) is 0. The van der Waals surface area contributed by atoms with Crippen LogP contribution in [-0.4, -0.2) is 11.0 Å². The van der Waals surface area contributed by atoms with Crippen LogP contribution < -0.4 is 4.90 Å². The summed E-state index contributed by atoms with van der Waals surface area (Å²) in [6.45, 7) is 4.00. The van der Waals surface area contributed by atoms with E-state index in [1.807, 2.05) is 80.6 Å². The molecule has 3 aromatic carbocycles. The highest BCUT2D eigenvalue weighted by molar-refractivity contribution is 6.12. The van der Waals surface area contributed by atoms with Gasteiger partial charge in [0.1, 0.15) is 0 Å². The van der Waals surface area contributed by atoms with Crippen LogP contribution in [0.5, 0.6) is 0 Å². The van der Waals surface area contributed by atoms with E-state index >= 15 is 0 Å². The first-order valence-electron chi connectivity index (χ1n) is 8.32. The molecule has 1 heterocycles. The predicted octanol–water partition coefficient (Wildman–Crippen LogP) is 4.16. The first-order chi connectivity index (χ1) is 12.0. The minimum atomic E-state index is -1.52. The zero-order valence-electron chi connectivity index (χ0n) is 14.2. The molecule has 3 nitrogen and oxygen atoms in total. The lowest BCUT2D eigenvalue weighted by Gasteiger charge is -2.35. The van der Waals surface area contributed by atoms with Crippen molar-refractivity contribution in [1.29, 1.82) is 0 Å². The third-order valence-electron chi connectivity index (χ3n) is 4.81. The minimum absolute atomic E-state index is 0.192. The Bertz CT molecular complexity index is 945. The van der Waals surface area contributed by atoms with E-state index in [4.69, 9.17) is 0 Å². The van der Waals surface area contributed by atoms with E-state index in [9.17, 15) is 9.90 Å². The Balaban J connectivity index is 1.97. The minimum Gasteiger partial charge on any atom is -0.363 e. The standard InChI is InChI=1S/C22H19NO2/c1-15-7-11-17(12-8-15)22(25)20-6-4-3-5-19(20)21(24)23(22)18-13-9-16(2)10-14-18/h3-14,25H,1-2H3. The fraction of sp³-hybridized carbons (Fsp3) is 0.136. The van der Waals surface area contributed by atoms with Crippen LogP contribution in [0.4, 0.5) is 5.69 Å². The molecule has 1 N–H and O–H groups in total. The van der Waals surface area contributed by atoms with Gasteiger partial charge in [-0.25, -0.2) is 0 Å². The third kappa shape index (κ3) is 2.28. The van der Waals surface area contributed by atoms with Gasteiger partial charge in [-0.1, -0.05) is 65.7 Å². The second-order valence-corrected chi connectivity index (χ2v) is 6.56. The second-order valence-electron chi connectivity index (χ2n) is 6.56. The van der Waals surface area contributed by atoms with E-state index in [0.29, 0.717) is 22.4 Å². The van der Waals surface area contributed by atoms with E-state index in [1.54, 1.807) is 6.07 Å². The summed E-state index contributed by atoms with van der Waals surface area (Å²) in [5.74, 6) is -0.192. The van der Waals surface area contributed by atoms with Crippen molar-refractivity contribution in [3.8, 4) is 0 Å². The number of anilines is 1. The van der Waals surface area contributed by atoms with Crippen molar-refractivity contribution >= 4 is 11.6 Å². The molecule has 0 bridgehead atoms. The molecule has 0 aromatic heterocycles. The van der Waals surface area contributed by atoms with Gasteiger partial charge in [0.25, 0.3) is 5.91 Å². The van der Waals surface area contributed by atoms with Gasteiger partial charge in [-0.15, -0.1) is 0 Å². The molecule has 3 aromatic rings. The van der Waals surface area contributed by atoms with E-state index in [1.165, 1.54) is 4.90 Å². The number of benzene rings is 3. The molecule has 124 valence electrons. The quantitative estimate of drug-likeness (QED) is 0.767. The maximum absolute atomic E-state index is 13.1. The van der Waals surface area contributed by atoms with Gasteiger partial charge in [-0.05, 0) is 32.0 Å². The molecule has 0 spiro atoms. The number of rotatable bonds is 2. The lowest BCUT2D eigenvalue weighted by molar-refractivity contribution is 0.0703. The Morgan fingerprint density at radius 3 is 2.00 bits per heavy atom. The molecular formula is C22H19NO2. The maximum atomic E-state index is 13.1. The summed E-state index contributed by atoms with van der Waals surface area (Å²) in [7, 11) is 0. The molecule has 25 heavy (non-hydrogen) atoms. The number of aliphatic hydroxyl groups is 1. The zero-order chi connectivity index (χ0) is 17.6. The topological polar surface area (TPSA) is 40.5 Å². The van der Waals surface area contributed by atoms with Gasteiger partial charge in [-0.2, -0.15) is 0 Å². The van der Waals surface area contributed by atoms with Gasteiger partial charge in [-0.3, -0.25) is 9.69 Å². The highest BCUT2D eigenvalue weighted by Crippen LogP contribution is 2.44. The maximum Gasteiger partial charge on any atom is 0.261 e. The Morgan fingerprint density at radius 1 is 0.800 bits per heavy atom. The van der Waals surface area contributed by atoms with Gasteiger partial charge in [0.15, 0.2) is 5.72 Å². The van der Waals surface area contributed by atoms with Crippen LogP contribution in [0, 0.1) is 13.8 Å². The SMILES string of the molecule is Cc1ccc(N2C(=O)c3ccccc3C2(O)c2ccc(C)cc2)cc1. The number of carbonyl (C=O) groups excluding carboxylic acids is 1. The molecule has 4 rings (SSSR count). The highest BCUT2D eigenvalue weighted by Gasteiger charge is 2.50. The van der Waals surface area contributed by atoms with Gasteiger partial charge in [0.2, 0.25) is 0 Å². The highest BCUT2D eigenvalue weighted by atomic mass is 16.3. The number of hydrogen-bond donors (Lipinski definition) is 1. The summed E-state index contributed by atoms with van der Waals surface area (Å²) >= 11 is 0. The largest absolute Gasteiger partial charge is 0.363 e. The number of fused-ring (bicyclic) bond motifs is 1. The van der Waals surface area contributed by atoms with Crippen molar-refractivity contribution < 1.29 is 9.90 Å². The molecule has 0 radical (unpaired) electrons. The van der Waals surface area contributed by atoms with Crippen molar-refractivity contribution in [3.05, 3.63) is 101 Å². The van der Waals surface area contributed by atoms with Crippen LogP contribution in [0.2, 0.25) is 0 Å². The summed E-state index contributed by atoms with van der Waals surface area (Å²) in [5, 5.41) is 11.8. The molecule has 0 aliphatic carbocycles. The first kappa shape index (κ1) is 15.6. The Kier molecular flexibility index (Phi) is 3.48. The van der Waals surface area contributed by atoms with E-state index < -0.39 is 5.72 Å². The molecule has 0 saturated heterocycles. The monoisotopic (exact) mass is 329 g/mol. The van der Waals surface area contributed by atoms with Gasteiger partial charge < -0.3 is 5.11 Å². The van der Waals surface area contributed by atoms with Crippen molar-refractivity contribution in [1.82, 2.24) is 0 Å². The fourth-order valence-electron chi connectivity index (χ4n) is 3.43. The average Bonchev–Trinajstić information content (AvgIpc) is 2.86. The smallest absolute Gasteiger partial charge is 0.261 e. The summed E-state index contributed by atoms with van der Waals surface area (Å²) < 4.78 is 0. The van der Waals surface area contributed by atoms with Gasteiger partial charge >= 0.3 is 0 Å². The normalized spacial score (nSPS) is 19.2. The molecular weight excluding hydrogens is 310 g/mol. The average molecular weight is 329 g/mol. The number of amides is 1. The second kappa shape index (κ2) is 5.57. The number of nitrogens with zero attached hydrogens (tertiary/aromatic N) is 1. The van der Waals surface area contributed by atoms with Crippen LogP contribution in [0.15, 0.2) is 72.8 Å². The number of aryl methyl sites for hydroxylation is 2. The molecule has 1 aliphatic rings. The molecule has 0 saturated carbocycles. The molecule has 1 amide bonds. The van der Waals surface area contributed by atoms with Gasteiger partial charge in [0, 0.05) is 22.4 Å². The van der Waals surface area contributed by atoms with Crippen molar-refractivity contribution in [2.75, 3.05) is 4.90 Å². The Hall–Kier alpha value is -2.91. The van der Waals surface area contributed by atoms with Gasteiger partial charge in [0.05, 0.1) is 0 Å². The third-order valence-corrected chi connectivity index (χ3v) is 4.81. The van der Waals surface area contributed by atoms with Crippen LogP contribution in [0.1, 0.15) is 32.6 Å². The van der Waals surface area contributed by atoms with E-state index in [-0.39, 0.29) is 5.91 Å². The number of hydrogen-bond acceptors (Lipinski definition) is 2. The van der Waals surface area contributed by atoms with Crippen molar-refractivity contribution in [3.63, 3.8) is 0 Å². The summed E-state index contributed by atoms with van der Waals surface area (Å²) in [6, 6.07) is 22.6. The Labute approximate surface area is 147 Å². The zero-order valence-corrected chi connectivity index (χ0v) is 14.2. The molecule has 1 aliphatic heterocycles. The summed E-state index contributed by atoms with van der Waals surface area (Å²) in [5.41, 5.74) is 3.19. The van der Waals surface area contributed by atoms with Crippen LogP contribution >= 0.6 is 0 Å².